The van der Waals surface area contributed by atoms with Crippen molar-refractivity contribution in [3.05, 3.63) is 82.4 Å². The molecular formula is C32H33N5O3. The molecule has 1 atom stereocenters. The van der Waals surface area contributed by atoms with Crippen molar-refractivity contribution in [2.45, 2.75) is 45.4 Å². The van der Waals surface area contributed by atoms with Crippen LogP contribution in [0.15, 0.2) is 48.9 Å². The number of aryl methyl sites for hydroxylation is 1. The topological polar surface area (TPSA) is 103 Å². The summed E-state index contributed by atoms with van der Waals surface area (Å²) >= 11 is 0. The highest BCUT2D eigenvalue weighted by Gasteiger charge is 2.33. The second kappa shape index (κ2) is 10.5. The van der Waals surface area contributed by atoms with Gasteiger partial charge in [0.15, 0.2) is 0 Å². The number of pyridine rings is 2. The van der Waals surface area contributed by atoms with Crippen LogP contribution < -0.4 is 5.32 Å². The number of aromatic amines is 1. The predicted molar refractivity (Wildman–Crippen MR) is 153 cm³/mol. The van der Waals surface area contributed by atoms with Crippen molar-refractivity contribution >= 4 is 16.9 Å². The van der Waals surface area contributed by atoms with Gasteiger partial charge in [-0.15, -0.1) is 0 Å². The Morgan fingerprint density at radius 3 is 2.85 bits per heavy atom. The number of carbonyl (C=O) groups is 1. The number of morpholine rings is 1. The number of aliphatic hydroxyl groups is 1. The number of H-pyrrole nitrogens is 1. The molecule has 0 aliphatic carbocycles. The average molecular weight is 536 g/mol. The van der Waals surface area contributed by atoms with Gasteiger partial charge in [-0.25, -0.2) is 9.97 Å². The summed E-state index contributed by atoms with van der Waals surface area (Å²) in [5.74, 6) is 6.23. The molecule has 5 heterocycles. The van der Waals surface area contributed by atoms with Crippen LogP contribution in [0, 0.1) is 18.8 Å². The minimum absolute atomic E-state index is 0.0200. The number of amides is 1. The van der Waals surface area contributed by atoms with Crippen LogP contribution in [-0.4, -0.2) is 62.8 Å². The zero-order chi connectivity index (χ0) is 27.9. The standard InChI is InChI=1S/C32H33N5O3/c1-20-5-4-9-33-28(20)7-6-22-16-35-30-25(22)15-24(17-36-30)23-13-21-8-11-37(31(38)32(2,3)39)18-27(21)26(14-23)29-19-40-12-10-34-29/h4-5,9,13-17,29,34,39H,8,10-12,18-19H2,1-3H3,(H,35,36)/t29-/m0/s1. The Morgan fingerprint density at radius 1 is 1.20 bits per heavy atom. The van der Waals surface area contributed by atoms with Gasteiger partial charge in [-0.05, 0) is 79.1 Å². The summed E-state index contributed by atoms with van der Waals surface area (Å²) in [5.41, 5.74) is 7.58. The van der Waals surface area contributed by atoms with E-state index in [4.69, 9.17) is 9.72 Å². The van der Waals surface area contributed by atoms with Crippen LogP contribution in [0.25, 0.3) is 22.2 Å². The first-order valence-electron chi connectivity index (χ1n) is 13.7. The molecule has 0 unspecified atom stereocenters. The quantitative estimate of drug-likeness (QED) is 0.346. The minimum atomic E-state index is -1.41. The van der Waals surface area contributed by atoms with E-state index < -0.39 is 5.60 Å². The Hall–Kier alpha value is -4.03. The van der Waals surface area contributed by atoms with Crippen LogP contribution in [-0.2, 0) is 22.5 Å². The molecule has 2 aliphatic heterocycles. The molecule has 204 valence electrons. The van der Waals surface area contributed by atoms with E-state index in [9.17, 15) is 9.90 Å². The van der Waals surface area contributed by atoms with Gasteiger partial charge < -0.3 is 25.0 Å². The fourth-order valence-corrected chi connectivity index (χ4v) is 5.51. The van der Waals surface area contributed by atoms with Crippen molar-refractivity contribution in [2.75, 3.05) is 26.3 Å². The van der Waals surface area contributed by atoms with Gasteiger partial charge in [-0.2, -0.15) is 0 Å². The Morgan fingerprint density at radius 2 is 2.08 bits per heavy atom. The number of hydrogen-bond acceptors (Lipinski definition) is 6. The first kappa shape index (κ1) is 26.2. The maximum absolute atomic E-state index is 12.9. The third-order valence-electron chi connectivity index (χ3n) is 7.67. The van der Waals surface area contributed by atoms with Gasteiger partial charge >= 0.3 is 0 Å². The molecule has 3 aromatic heterocycles. The maximum Gasteiger partial charge on any atom is 0.254 e. The van der Waals surface area contributed by atoms with E-state index in [1.807, 2.05) is 31.5 Å². The molecule has 4 aromatic rings. The Balaban J connectivity index is 1.40. The number of hydrogen-bond donors (Lipinski definition) is 3. The fraction of sp³-hybridized carbons (Fsp3) is 0.344. The normalized spacial score (nSPS) is 17.3. The molecule has 1 fully saturated rings. The monoisotopic (exact) mass is 535 g/mol. The second-order valence-electron chi connectivity index (χ2n) is 11.1. The summed E-state index contributed by atoms with van der Waals surface area (Å²) in [4.78, 5) is 27.0. The molecule has 1 aromatic carbocycles. The van der Waals surface area contributed by atoms with Gasteiger partial charge in [-0.1, -0.05) is 18.1 Å². The number of fused-ring (bicyclic) bond motifs is 2. The van der Waals surface area contributed by atoms with E-state index in [0.29, 0.717) is 32.7 Å². The van der Waals surface area contributed by atoms with Crippen LogP contribution >= 0.6 is 0 Å². The molecule has 3 N–H and O–H groups in total. The minimum Gasteiger partial charge on any atom is -0.381 e. The maximum atomic E-state index is 12.9. The SMILES string of the molecule is Cc1cccnc1C#Cc1c[nH]c2ncc(-c3cc4c(c([C@@H]5COCCN5)c3)CN(C(=O)C(C)(C)O)CC4)cc12. The molecule has 40 heavy (non-hydrogen) atoms. The third-order valence-corrected chi connectivity index (χ3v) is 7.67. The van der Waals surface area contributed by atoms with Crippen LogP contribution in [0.2, 0.25) is 0 Å². The van der Waals surface area contributed by atoms with Crippen molar-refractivity contribution in [1.82, 2.24) is 25.2 Å². The number of benzene rings is 1. The second-order valence-corrected chi connectivity index (χ2v) is 11.1. The van der Waals surface area contributed by atoms with E-state index in [2.05, 4.69) is 45.3 Å². The highest BCUT2D eigenvalue weighted by atomic mass is 16.5. The van der Waals surface area contributed by atoms with E-state index in [1.54, 1.807) is 24.9 Å². The predicted octanol–water partition coefficient (Wildman–Crippen LogP) is 3.65. The number of nitrogens with zero attached hydrogens (tertiary/aromatic N) is 3. The molecule has 0 spiro atoms. The van der Waals surface area contributed by atoms with Gasteiger partial charge in [0.2, 0.25) is 0 Å². The van der Waals surface area contributed by atoms with Crippen LogP contribution in [0.3, 0.4) is 0 Å². The van der Waals surface area contributed by atoms with Gasteiger partial charge in [0, 0.05) is 49.2 Å². The first-order chi connectivity index (χ1) is 19.3. The molecule has 8 nitrogen and oxygen atoms in total. The zero-order valence-electron chi connectivity index (χ0n) is 23.0. The zero-order valence-corrected chi connectivity index (χ0v) is 23.0. The molecule has 0 bridgehead atoms. The van der Waals surface area contributed by atoms with Crippen molar-refractivity contribution in [2.24, 2.45) is 0 Å². The number of aromatic nitrogens is 3. The number of rotatable bonds is 3. The number of carbonyl (C=O) groups excluding carboxylic acids is 1. The van der Waals surface area contributed by atoms with Gasteiger partial charge in [0.05, 0.1) is 24.8 Å². The Bertz CT molecular complexity index is 1650. The summed E-state index contributed by atoms with van der Waals surface area (Å²) in [7, 11) is 0. The van der Waals surface area contributed by atoms with Crippen molar-refractivity contribution in [1.29, 1.82) is 0 Å². The van der Waals surface area contributed by atoms with Gasteiger partial charge in [0.25, 0.3) is 5.91 Å². The molecule has 1 amide bonds. The molecule has 6 rings (SSSR count). The number of ether oxygens (including phenoxy) is 1. The molecule has 2 aliphatic rings. The lowest BCUT2D eigenvalue weighted by molar-refractivity contribution is -0.148. The summed E-state index contributed by atoms with van der Waals surface area (Å²) < 4.78 is 5.82. The van der Waals surface area contributed by atoms with Crippen LogP contribution in [0.1, 0.15) is 53.4 Å². The fourth-order valence-electron chi connectivity index (χ4n) is 5.51. The highest BCUT2D eigenvalue weighted by molar-refractivity contribution is 5.88. The van der Waals surface area contributed by atoms with E-state index >= 15 is 0 Å². The van der Waals surface area contributed by atoms with Crippen molar-refractivity contribution in [3.8, 4) is 23.0 Å². The lowest BCUT2D eigenvalue weighted by Crippen LogP contribution is -2.47. The molecule has 0 radical (unpaired) electrons. The van der Waals surface area contributed by atoms with Gasteiger partial charge in [-0.3, -0.25) is 4.79 Å². The van der Waals surface area contributed by atoms with Crippen LogP contribution in [0.5, 0.6) is 0 Å². The highest BCUT2D eigenvalue weighted by Crippen LogP contribution is 2.35. The number of nitrogens with one attached hydrogen (secondary N) is 2. The van der Waals surface area contributed by atoms with Crippen molar-refractivity contribution < 1.29 is 14.6 Å². The molecular weight excluding hydrogens is 502 g/mol. The van der Waals surface area contributed by atoms with E-state index in [0.717, 1.165) is 56.7 Å². The lowest BCUT2D eigenvalue weighted by Gasteiger charge is -2.36. The third kappa shape index (κ3) is 5.11. The van der Waals surface area contributed by atoms with Gasteiger partial charge in [0.1, 0.15) is 16.9 Å². The largest absolute Gasteiger partial charge is 0.381 e. The Labute approximate surface area is 233 Å². The smallest absolute Gasteiger partial charge is 0.254 e. The van der Waals surface area contributed by atoms with E-state index in [1.165, 1.54) is 5.56 Å². The summed E-state index contributed by atoms with van der Waals surface area (Å²) in [5, 5.41) is 14.9. The average Bonchev–Trinajstić information content (AvgIpc) is 3.37. The Kier molecular flexibility index (Phi) is 6.88. The van der Waals surface area contributed by atoms with E-state index in [-0.39, 0.29) is 11.9 Å². The summed E-state index contributed by atoms with van der Waals surface area (Å²) in [6.07, 6.45) is 6.25. The lowest BCUT2D eigenvalue weighted by atomic mass is 9.87. The van der Waals surface area contributed by atoms with Crippen molar-refractivity contribution in [3.63, 3.8) is 0 Å². The first-order valence-corrected chi connectivity index (χ1v) is 13.7. The molecule has 1 saturated heterocycles. The molecule has 0 saturated carbocycles. The molecule has 8 heteroatoms. The van der Waals surface area contributed by atoms with Crippen LogP contribution in [0.4, 0.5) is 0 Å². The summed E-state index contributed by atoms with van der Waals surface area (Å²) in [6, 6.07) is 10.5. The summed E-state index contributed by atoms with van der Waals surface area (Å²) in [6.45, 7) is 8.14.